The Bertz CT molecular complexity index is 1740. The summed E-state index contributed by atoms with van der Waals surface area (Å²) in [6.45, 7) is 1.27. The summed E-state index contributed by atoms with van der Waals surface area (Å²) in [6.07, 6.45) is 5.01. The van der Waals surface area contributed by atoms with Gasteiger partial charge in [-0.15, -0.1) is 11.3 Å². The minimum Gasteiger partial charge on any atom is -0.487 e. The molecule has 1 aliphatic rings. The highest BCUT2D eigenvalue weighted by molar-refractivity contribution is 7.22. The molecule has 0 bridgehead atoms. The second-order valence-electron chi connectivity index (χ2n) is 9.53. The van der Waals surface area contributed by atoms with Crippen LogP contribution in [0.3, 0.4) is 0 Å². The Morgan fingerprint density at radius 1 is 1.20 bits per heavy atom. The fraction of sp³-hybridized carbons (Fsp3) is 0.241. The molecule has 0 atom stereocenters. The fourth-order valence-electron chi connectivity index (χ4n) is 4.82. The summed E-state index contributed by atoms with van der Waals surface area (Å²) in [6, 6.07) is 11.7. The normalized spacial score (nSPS) is 12.2. The number of fused-ring (bicyclic) bond motifs is 5. The Morgan fingerprint density at radius 2 is 2.10 bits per heavy atom. The first kappa shape index (κ1) is 27.1. The molecule has 12 heteroatoms. The maximum atomic E-state index is 13.5. The number of hydrogen-bond acceptors (Lipinski definition) is 8. The number of amides is 1. The van der Waals surface area contributed by atoms with Crippen LogP contribution in [-0.4, -0.2) is 45.9 Å². The van der Waals surface area contributed by atoms with E-state index in [-0.39, 0.29) is 24.9 Å². The fourth-order valence-corrected chi connectivity index (χ4v) is 6.28. The highest BCUT2D eigenvalue weighted by atomic mass is 35.5. The molecule has 1 aliphatic carbocycles. The summed E-state index contributed by atoms with van der Waals surface area (Å²) in [4.78, 5) is 23.3. The van der Waals surface area contributed by atoms with Gasteiger partial charge >= 0.3 is 0 Å². The lowest BCUT2D eigenvalue weighted by atomic mass is 9.95. The summed E-state index contributed by atoms with van der Waals surface area (Å²) in [5, 5.41) is 12.3. The van der Waals surface area contributed by atoms with Crippen LogP contribution in [0.2, 0.25) is 5.02 Å². The second-order valence-corrected chi connectivity index (χ2v) is 10.9. The van der Waals surface area contributed by atoms with Crippen molar-refractivity contribution >= 4 is 50.6 Å². The van der Waals surface area contributed by atoms with Crippen molar-refractivity contribution in [3.05, 3.63) is 82.6 Å². The average molecular weight is 593 g/mol. The topological polar surface area (TPSA) is 103 Å². The third kappa shape index (κ3) is 5.88. The molecule has 0 unspecified atom stereocenters. The van der Waals surface area contributed by atoms with Crippen LogP contribution in [0.25, 0.3) is 20.7 Å². The van der Waals surface area contributed by atoms with Crippen LogP contribution in [0.15, 0.2) is 55.0 Å². The van der Waals surface area contributed by atoms with Gasteiger partial charge in [0, 0.05) is 36.0 Å². The number of thiophene rings is 1. The predicted molar refractivity (Wildman–Crippen MR) is 156 cm³/mol. The quantitative estimate of drug-likeness (QED) is 0.206. The van der Waals surface area contributed by atoms with Crippen molar-refractivity contribution in [2.45, 2.75) is 26.0 Å². The van der Waals surface area contributed by atoms with Crippen LogP contribution in [0.1, 0.15) is 16.8 Å². The molecule has 0 spiro atoms. The average Bonchev–Trinajstić information content (AvgIpc) is 3.54. The van der Waals surface area contributed by atoms with Gasteiger partial charge in [0.2, 0.25) is 5.91 Å². The molecule has 0 saturated carbocycles. The Balaban J connectivity index is 1.21. The standard InChI is InChI=1S/C29H26ClFN6O3S/c1-39-10-9-32-25(38)14-37-13-21-23(36-37)7-6-20-26-28(33-16-34-29(26)41-27(20)21)35-19-5-8-24(22(30)12-19)40-15-17-3-2-4-18(31)11-17/h2-5,8,11-13,16H,6-7,9-10,14-15H2,1H3,(H,32,38)(H,33,34,35). The number of aryl methyl sites for hydroxylation is 2. The van der Waals surface area contributed by atoms with Crippen molar-refractivity contribution in [1.29, 1.82) is 0 Å². The van der Waals surface area contributed by atoms with Crippen molar-refractivity contribution in [2.75, 3.05) is 25.6 Å². The summed E-state index contributed by atoms with van der Waals surface area (Å²) in [5.74, 6) is 0.763. The molecular formula is C29H26ClFN6O3S. The summed E-state index contributed by atoms with van der Waals surface area (Å²) >= 11 is 8.11. The molecule has 0 fully saturated rings. The SMILES string of the molecule is COCCNC(=O)Cn1cc2c(n1)CCc1c-2sc2ncnc(Nc3ccc(OCc4cccc(F)c4)c(Cl)c3)c12. The number of benzene rings is 2. The number of halogens is 2. The van der Waals surface area contributed by atoms with E-state index in [9.17, 15) is 9.18 Å². The maximum Gasteiger partial charge on any atom is 0.241 e. The molecule has 0 saturated heterocycles. The molecule has 6 rings (SSSR count). The maximum absolute atomic E-state index is 13.5. The number of anilines is 2. The molecule has 3 heterocycles. The minimum absolute atomic E-state index is 0.111. The molecule has 0 radical (unpaired) electrons. The lowest BCUT2D eigenvalue weighted by Crippen LogP contribution is -2.30. The van der Waals surface area contributed by atoms with E-state index in [4.69, 9.17) is 21.1 Å². The van der Waals surface area contributed by atoms with Crippen LogP contribution in [-0.2, 0) is 35.5 Å². The third-order valence-electron chi connectivity index (χ3n) is 6.69. The van der Waals surface area contributed by atoms with Gasteiger partial charge in [-0.3, -0.25) is 9.48 Å². The zero-order valence-corrected chi connectivity index (χ0v) is 23.7. The minimum atomic E-state index is -0.310. The first-order valence-corrected chi connectivity index (χ1v) is 14.2. The number of carbonyl (C=O) groups excluding carboxylic acids is 1. The van der Waals surface area contributed by atoms with Gasteiger partial charge in [0.15, 0.2) is 0 Å². The first-order valence-electron chi connectivity index (χ1n) is 13.0. The van der Waals surface area contributed by atoms with Crippen LogP contribution < -0.4 is 15.4 Å². The highest BCUT2D eigenvalue weighted by Gasteiger charge is 2.26. The van der Waals surface area contributed by atoms with E-state index in [0.29, 0.717) is 35.3 Å². The van der Waals surface area contributed by atoms with E-state index < -0.39 is 0 Å². The van der Waals surface area contributed by atoms with Gasteiger partial charge in [0.25, 0.3) is 0 Å². The van der Waals surface area contributed by atoms with E-state index in [0.717, 1.165) is 50.4 Å². The lowest BCUT2D eigenvalue weighted by molar-refractivity contribution is -0.122. The van der Waals surface area contributed by atoms with Gasteiger partial charge in [-0.25, -0.2) is 14.4 Å². The van der Waals surface area contributed by atoms with Gasteiger partial charge in [0.1, 0.15) is 41.7 Å². The molecule has 0 aliphatic heterocycles. The summed E-state index contributed by atoms with van der Waals surface area (Å²) < 4.78 is 26.0. The van der Waals surface area contributed by atoms with Gasteiger partial charge < -0.3 is 20.1 Å². The zero-order chi connectivity index (χ0) is 28.3. The molecule has 5 aromatic rings. The molecule has 2 N–H and O–H groups in total. The monoisotopic (exact) mass is 592 g/mol. The number of hydrogen-bond donors (Lipinski definition) is 2. The van der Waals surface area contributed by atoms with Crippen LogP contribution in [0.5, 0.6) is 5.75 Å². The summed E-state index contributed by atoms with van der Waals surface area (Å²) in [7, 11) is 1.60. The molecule has 2 aromatic carbocycles. The molecule has 210 valence electrons. The highest BCUT2D eigenvalue weighted by Crippen LogP contribution is 2.45. The van der Waals surface area contributed by atoms with E-state index in [1.165, 1.54) is 12.1 Å². The predicted octanol–water partition coefficient (Wildman–Crippen LogP) is 5.53. The zero-order valence-electron chi connectivity index (χ0n) is 22.1. The Morgan fingerprint density at radius 3 is 2.93 bits per heavy atom. The van der Waals surface area contributed by atoms with Crippen molar-refractivity contribution < 1.29 is 18.7 Å². The lowest BCUT2D eigenvalue weighted by Gasteiger charge is -2.13. The first-order chi connectivity index (χ1) is 20.0. The van der Waals surface area contributed by atoms with Crippen LogP contribution >= 0.6 is 22.9 Å². The number of methoxy groups -OCH3 is 1. The molecule has 3 aromatic heterocycles. The van der Waals surface area contributed by atoms with Crippen molar-refractivity contribution in [1.82, 2.24) is 25.1 Å². The van der Waals surface area contributed by atoms with Crippen LogP contribution in [0.4, 0.5) is 15.9 Å². The van der Waals surface area contributed by atoms with E-state index in [1.54, 1.807) is 53.7 Å². The second kappa shape index (κ2) is 11.8. The molecule has 41 heavy (non-hydrogen) atoms. The van der Waals surface area contributed by atoms with Crippen LogP contribution in [0, 0.1) is 5.82 Å². The molecular weight excluding hydrogens is 567 g/mol. The number of rotatable bonds is 10. The number of nitrogens with zero attached hydrogens (tertiary/aromatic N) is 4. The van der Waals surface area contributed by atoms with E-state index in [2.05, 4.69) is 25.7 Å². The molecule has 1 amide bonds. The number of nitrogens with one attached hydrogen (secondary N) is 2. The Labute approximate surface area is 244 Å². The van der Waals surface area contributed by atoms with Crippen molar-refractivity contribution in [3.8, 4) is 16.2 Å². The van der Waals surface area contributed by atoms with Crippen molar-refractivity contribution in [2.24, 2.45) is 0 Å². The van der Waals surface area contributed by atoms with Crippen molar-refractivity contribution in [3.63, 3.8) is 0 Å². The number of carbonyl (C=O) groups is 1. The largest absolute Gasteiger partial charge is 0.487 e. The van der Waals surface area contributed by atoms with Gasteiger partial charge in [-0.05, 0) is 54.3 Å². The number of ether oxygens (including phenoxy) is 2. The third-order valence-corrected chi connectivity index (χ3v) is 8.16. The van der Waals surface area contributed by atoms with E-state index in [1.807, 2.05) is 12.3 Å². The van der Waals surface area contributed by atoms with Gasteiger partial charge in [0.05, 0.1) is 22.7 Å². The Kier molecular flexibility index (Phi) is 7.82. The van der Waals surface area contributed by atoms with Gasteiger partial charge in [-0.1, -0.05) is 23.7 Å². The Hall–Kier alpha value is -4.06. The number of aromatic nitrogens is 4. The molecule has 9 nitrogen and oxygen atoms in total. The summed E-state index contributed by atoms with van der Waals surface area (Å²) in [5.41, 5.74) is 4.61. The van der Waals surface area contributed by atoms with E-state index >= 15 is 0 Å². The van der Waals surface area contributed by atoms with Gasteiger partial charge in [-0.2, -0.15) is 5.10 Å². The smallest absolute Gasteiger partial charge is 0.241 e.